The molecule has 0 radical (unpaired) electrons. The number of carbonyl (C=O) groups excluding carboxylic acids is 1. The maximum absolute atomic E-state index is 11.1. The van der Waals surface area contributed by atoms with Gasteiger partial charge in [-0.05, 0) is 25.2 Å². The van der Waals surface area contributed by atoms with Gasteiger partial charge >= 0.3 is 0 Å². The maximum Gasteiger partial charge on any atom is 0.138 e. The van der Waals surface area contributed by atoms with E-state index in [9.17, 15) is 9.90 Å². The molecule has 2 rings (SSSR count). The van der Waals surface area contributed by atoms with Gasteiger partial charge in [0.25, 0.3) is 0 Å². The molecule has 0 aromatic carbocycles. The largest absolute Gasteiger partial charge is 0.392 e. The third-order valence-electron chi connectivity index (χ3n) is 2.89. The van der Waals surface area contributed by atoms with E-state index < -0.39 is 0 Å². The summed E-state index contributed by atoms with van der Waals surface area (Å²) in [4.78, 5) is 11.1. The Balaban J connectivity index is 2.19. The van der Waals surface area contributed by atoms with Gasteiger partial charge in [0.05, 0.1) is 6.10 Å². The normalized spacial score (nSPS) is 46.1. The van der Waals surface area contributed by atoms with Crippen molar-refractivity contribution in [2.45, 2.75) is 31.8 Å². The van der Waals surface area contributed by atoms with Crippen LogP contribution in [-0.2, 0) is 4.79 Å². The Labute approximate surface area is 60.2 Å². The molecule has 1 N–H and O–H groups in total. The molecule has 0 aromatic heterocycles. The highest BCUT2D eigenvalue weighted by Gasteiger charge is 2.43. The van der Waals surface area contributed by atoms with E-state index in [0.717, 1.165) is 19.3 Å². The van der Waals surface area contributed by atoms with E-state index in [1.807, 2.05) is 0 Å². The Hall–Kier alpha value is -0.370. The Morgan fingerprint density at radius 3 is 2.80 bits per heavy atom. The quantitative estimate of drug-likeness (QED) is 0.538. The molecule has 2 aliphatic carbocycles. The van der Waals surface area contributed by atoms with Crippen LogP contribution in [0, 0.1) is 11.8 Å². The topological polar surface area (TPSA) is 37.3 Å². The first-order valence-electron chi connectivity index (χ1n) is 4.00. The van der Waals surface area contributed by atoms with Crippen LogP contribution in [0.25, 0.3) is 0 Å². The second kappa shape index (κ2) is 2.06. The number of aliphatic hydroxyl groups is 1. The molecule has 0 spiro atoms. The first-order chi connectivity index (χ1) is 4.79. The van der Waals surface area contributed by atoms with E-state index in [1.165, 1.54) is 0 Å². The van der Waals surface area contributed by atoms with E-state index in [1.54, 1.807) is 0 Å². The van der Waals surface area contributed by atoms with Gasteiger partial charge < -0.3 is 5.11 Å². The minimum absolute atomic E-state index is 0.0278. The number of fused-ring (bicyclic) bond motifs is 1. The number of rotatable bonds is 0. The Morgan fingerprint density at radius 1 is 1.30 bits per heavy atom. The van der Waals surface area contributed by atoms with Gasteiger partial charge in [0.2, 0.25) is 0 Å². The molecule has 2 fully saturated rings. The highest BCUT2D eigenvalue weighted by molar-refractivity contribution is 5.84. The SMILES string of the molecule is O=C1CCC2CCC(O)C12. The minimum Gasteiger partial charge on any atom is -0.392 e. The van der Waals surface area contributed by atoms with Crippen LogP contribution >= 0.6 is 0 Å². The van der Waals surface area contributed by atoms with Gasteiger partial charge in [-0.15, -0.1) is 0 Å². The van der Waals surface area contributed by atoms with Crippen LogP contribution in [0.5, 0.6) is 0 Å². The average Bonchev–Trinajstić information content (AvgIpc) is 2.40. The predicted molar refractivity (Wildman–Crippen MR) is 36.5 cm³/mol. The molecule has 56 valence electrons. The van der Waals surface area contributed by atoms with Crippen molar-refractivity contribution in [3.8, 4) is 0 Å². The zero-order valence-electron chi connectivity index (χ0n) is 5.92. The summed E-state index contributed by atoms with van der Waals surface area (Å²) < 4.78 is 0. The Kier molecular flexibility index (Phi) is 1.31. The lowest BCUT2D eigenvalue weighted by Gasteiger charge is -2.09. The van der Waals surface area contributed by atoms with Crippen LogP contribution in [0.4, 0.5) is 0 Å². The lowest BCUT2D eigenvalue weighted by atomic mass is 9.99. The molecule has 2 saturated carbocycles. The Bertz CT molecular complexity index is 165. The van der Waals surface area contributed by atoms with Gasteiger partial charge in [-0.1, -0.05) is 0 Å². The molecule has 2 heteroatoms. The number of Topliss-reactive ketones (excluding diaryl/α,β-unsaturated/α-hetero) is 1. The highest BCUT2D eigenvalue weighted by Crippen LogP contribution is 2.41. The molecule has 3 atom stereocenters. The summed E-state index contributed by atoms with van der Waals surface area (Å²) in [5.74, 6) is 0.859. The second-order valence-corrected chi connectivity index (χ2v) is 3.44. The van der Waals surface area contributed by atoms with Crippen LogP contribution in [0.1, 0.15) is 25.7 Å². The number of hydrogen-bond acceptors (Lipinski definition) is 2. The summed E-state index contributed by atoms with van der Waals surface area (Å²) in [6.07, 6.45) is 3.35. The number of ketones is 1. The third-order valence-corrected chi connectivity index (χ3v) is 2.89. The fourth-order valence-corrected chi connectivity index (χ4v) is 2.35. The fraction of sp³-hybridized carbons (Fsp3) is 0.875. The zero-order valence-corrected chi connectivity index (χ0v) is 5.92. The van der Waals surface area contributed by atoms with E-state index >= 15 is 0 Å². The fourth-order valence-electron chi connectivity index (χ4n) is 2.35. The van der Waals surface area contributed by atoms with Crippen LogP contribution in [0.3, 0.4) is 0 Å². The molecule has 0 bridgehead atoms. The van der Waals surface area contributed by atoms with Gasteiger partial charge in [0.15, 0.2) is 0 Å². The van der Waals surface area contributed by atoms with E-state index in [4.69, 9.17) is 0 Å². The Morgan fingerprint density at radius 2 is 2.10 bits per heavy atom. The minimum atomic E-state index is -0.306. The molecule has 10 heavy (non-hydrogen) atoms. The smallest absolute Gasteiger partial charge is 0.138 e. The maximum atomic E-state index is 11.1. The van der Waals surface area contributed by atoms with Crippen molar-refractivity contribution in [3.05, 3.63) is 0 Å². The highest BCUT2D eigenvalue weighted by atomic mass is 16.3. The van der Waals surface area contributed by atoms with Crippen LogP contribution < -0.4 is 0 Å². The number of carbonyl (C=O) groups is 1. The summed E-state index contributed by atoms with van der Waals surface area (Å²) in [6.45, 7) is 0. The van der Waals surface area contributed by atoms with E-state index in [-0.39, 0.29) is 12.0 Å². The molecule has 0 aromatic rings. The molecule has 3 unspecified atom stereocenters. The lowest BCUT2D eigenvalue weighted by Crippen LogP contribution is -2.21. The summed E-state index contributed by atoms with van der Waals surface area (Å²) >= 11 is 0. The van der Waals surface area contributed by atoms with Crippen molar-refractivity contribution in [2.24, 2.45) is 11.8 Å². The molecule has 2 nitrogen and oxygen atoms in total. The van der Waals surface area contributed by atoms with Gasteiger partial charge in [0, 0.05) is 12.3 Å². The zero-order chi connectivity index (χ0) is 7.14. The average molecular weight is 140 g/mol. The van der Waals surface area contributed by atoms with Crippen molar-refractivity contribution in [1.82, 2.24) is 0 Å². The molecule has 0 amide bonds. The summed E-state index contributed by atoms with van der Waals surface area (Å²) in [5, 5.41) is 9.35. The standard InChI is InChI=1S/C8H12O2/c9-6-3-1-5-2-4-7(10)8(5)6/h5-6,8-9H,1-4H2. The van der Waals surface area contributed by atoms with Crippen LogP contribution in [-0.4, -0.2) is 17.0 Å². The van der Waals surface area contributed by atoms with Crippen molar-refractivity contribution in [1.29, 1.82) is 0 Å². The van der Waals surface area contributed by atoms with Gasteiger partial charge in [-0.25, -0.2) is 0 Å². The van der Waals surface area contributed by atoms with Gasteiger partial charge in [-0.3, -0.25) is 4.79 Å². The monoisotopic (exact) mass is 140 g/mol. The molecule has 0 saturated heterocycles. The van der Waals surface area contributed by atoms with Crippen molar-refractivity contribution in [3.63, 3.8) is 0 Å². The number of hydrogen-bond donors (Lipinski definition) is 1. The molecule has 0 heterocycles. The summed E-state index contributed by atoms with van der Waals surface area (Å²) in [7, 11) is 0. The third kappa shape index (κ3) is 0.717. The predicted octanol–water partition coefficient (Wildman–Crippen LogP) is 0.736. The van der Waals surface area contributed by atoms with Gasteiger partial charge in [0.1, 0.15) is 5.78 Å². The van der Waals surface area contributed by atoms with Crippen molar-refractivity contribution in [2.75, 3.05) is 0 Å². The first kappa shape index (κ1) is 6.35. The van der Waals surface area contributed by atoms with Crippen molar-refractivity contribution >= 4 is 5.78 Å². The second-order valence-electron chi connectivity index (χ2n) is 3.44. The van der Waals surface area contributed by atoms with Crippen LogP contribution in [0.2, 0.25) is 0 Å². The molecular weight excluding hydrogens is 128 g/mol. The van der Waals surface area contributed by atoms with E-state index in [2.05, 4.69) is 0 Å². The molecule has 2 aliphatic rings. The first-order valence-corrected chi connectivity index (χ1v) is 4.00. The van der Waals surface area contributed by atoms with Crippen LogP contribution in [0.15, 0.2) is 0 Å². The lowest BCUT2D eigenvalue weighted by molar-refractivity contribution is -0.123. The van der Waals surface area contributed by atoms with E-state index in [0.29, 0.717) is 18.1 Å². The number of aliphatic hydroxyl groups excluding tert-OH is 1. The molecular formula is C8H12O2. The van der Waals surface area contributed by atoms with Gasteiger partial charge in [-0.2, -0.15) is 0 Å². The van der Waals surface area contributed by atoms with Crippen molar-refractivity contribution < 1.29 is 9.90 Å². The summed E-state index contributed by atoms with van der Waals surface area (Å²) in [6, 6.07) is 0. The summed E-state index contributed by atoms with van der Waals surface area (Å²) in [5.41, 5.74) is 0. The molecule has 0 aliphatic heterocycles.